The van der Waals surface area contributed by atoms with Gasteiger partial charge in [0.15, 0.2) is 0 Å². The van der Waals surface area contributed by atoms with Crippen molar-refractivity contribution >= 4 is 43.8 Å². The second-order valence-electron chi connectivity index (χ2n) is 9.49. The lowest BCUT2D eigenvalue weighted by Crippen LogP contribution is -2.26. The molecule has 0 saturated carbocycles. The Hall–Kier alpha value is -3.55. The summed E-state index contributed by atoms with van der Waals surface area (Å²) in [6, 6.07) is 21.2. The predicted octanol–water partition coefficient (Wildman–Crippen LogP) is 5.87. The molecule has 4 aromatic rings. The quantitative estimate of drug-likeness (QED) is 0.114. The fourth-order valence-corrected chi connectivity index (χ4v) is 5.69. The number of nitrogens with two attached hydrogens (primary N) is 1. The summed E-state index contributed by atoms with van der Waals surface area (Å²) in [6.45, 7) is 4.54. The Morgan fingerprint density at radius 2 is 1.78 bits per heavy atom. The van der Waals surface area contributed by atoms with Crippen molar-refractivity contribution in [3.8, 4) is 0 Å². The van der Waals surface area contributed by atoms with E-state index in [0.29, 0.717) is 34.9 Å². The van der Waals surface area contributed by atoms with Crippen molar-refractivity contribution < 1.29 is 9.00 Å². The van der Waals surface area contributed by atoms with Gasteiger partial charge in [-0.3, -0.25) is 4.79 Å². The van der Waals surface area contributed by atoms with Gasteiger partial charge in [0, 0.05) is 22.3 Å². The Morgan fingerprint density at radius 3 is 2.51 bits per heavy atom. The average Bonchev–Trinajstić information content (AvgIpc) is 3.25. The highest BCUT2D eigenvalue weighted by Gasteiger charge is 2.19. The Bertz CT molecular complexity index is 1490. The van der Waals surface area contributed by atoms with Crippen LogP contribution in [0.5, 0.6) is 0 Å². The first-order valence-corrected chi connectivity index (χ1v) is 14.5. The summed E-state index contributed by atoms with van der Waals surface area (Å²) in [5.74, 6) is 3.70. The Balaban J connectivity index is 1.48. The number of amides is 1. The second kappa shape index (κ2) is 11.7. The lowest BCUT2D eigenvalue weighted by Gasteiger charge is -2.13. The number of benzene rings is 3. The van der Waals surface area contributed by atoms with Gasteiger partial charge in [-0.15, -0.1) is 0 Å². The molecule has 1 aromatic heterocycles. The molecule has 0 aliphatic heterocycles. The third-order valence-corrected chi connectivity index (χ3v) is 8.28. The number of carbonyl (C=O) groups excluding carboxylic acids is 1. The molecule has 0 aliphatic carbocycles. The fraction of sp³-hybridized carbons (Fsp3) is 0.267. The van der Waals surface area contributed by atoms with Gasteiger partial charge >= 0.3 is 0 Å². The summed E-state index contributed by atoms with van der Waals surface area (Å²) >= 11 is 0. The van der Waals surface area contributed by atoms with E-state index in [2.05, 4.69) is 27.8 Å². The molecule has 6 nitrogen and oxygen atoms in total. The molecule has 0 fully saturated rings. The van der Waals surface area contributed by atoms with Crippen LogP contribution in [-0.4, -0.2) is 27.5 Å². The summed E-state index contributed by atoms with van der Waals surface area (Å²) in [4.78, 5) is 17.2. The molecule has 7 heteroatoms. The van der Waals surface area contributed by atoms with Gasteiger partial charge in [0.1, 0.15) is 5.69 Å². The van der Waals surface area contributed by atoms with Crippen LogP contribution in [0.3, 0.4) is 0 Å². The van der Waals surface area contributed by atoms with Crippen molar-refractivity contribution in [3.05, 3.63) is 89.1 Å². The van der Waals surface area contributed by atoms with Crippen molar-refractivity contribution in [2.24, 2.45) is 0 Å². The third kappa shape index (κ3) is 6.42. The van der Waals surface area contributed by atoms with Crippen LogP contribution < -0.4 is 15.8 Å². The molecule has 3 aromatic carbocycles. The van der Waals surface area contributed by atoms with Crippen molar-refractivity contribution in [3.63, 3.8) is 0 Å². The lowest BCUT2D eigenvalue weighted by molar-refractivity contribution is 0.102. The van der Waals surface area contributed by atoms with Crippen LogP contribution >= 0.6 is 0 Å². The van der Waals surface area contributed by atoms with Crippen molar-refractivity contribution in [2.75, 3.05) is 17.6 Å². The minimum Gasteiger partial charge on any atom is -0.397 e. The largest absolute Gasteiger partial charge is 0.397 e. The number of aromatic nitrogens is 1. The van der Waals surface area contributed by atoms with Crippen molar-refractivity contribution in [2.45, 2.75) is 50.8 Å². The van der Waals surface area contributed by atoms with E-state index >= 15 is 0 Å². The average molecular weight is 517 g/mol. The minimum atomic E-state index is -2.68. The first-order chi connectivity index (χ1) is 17.8. The van der Waals surface area contributed by atoms with E-state index in [-0.39, 0.29) is 5.91 Å². The summed E-state index contributed by atoms with van der Waals surface area (Å²) in [5, 5.41) is 3.88. The number of para-hydroxylation sites is 1. The zero-order chi connectivity index (χ0) is 26.4. The van der Waals surface area contributed by atoms with Gasteiger partial charge in [-0.1, -0.05) is 56.2 Å². The Labute approximate surface area is 219 Å². The first-order valence-electron chi connectivity index (χ1n) is 12.8. The molecule has 5 N–H and O–H groups in total. The molecular formula is C30H36N4O2S. The molecule has 0 radical (unpaired) electrons. The third-order valence-electron chi connectivity index (χ3n) is 6.58. The van der Waals surface area contributed by atoms with Gasteiger partial charge < -0.3 is 16.0 Å². The van der Waals surface area contributed by atoms with Crippen LogP contribution in [0.1, 0.15) is 53.4 Å². The highest BCUT2D eigenvalue weighted by molar-refractivity contribution is 7.98. The molecule has 1 heterocycles. The summed E-state index contributed by atoms with van der Waals surface area (Å²) in [6.07, 6.45) is 5.08. The first kappa shape index (κ1) is 26.5. The standard InChI is InChI=1S/C30H36N4O2S/c1-4-5-6-9-22-13-15-23(16-14-22)37(3,36)32-19-18-25-24-10-7-8-11-27(24)33-29(25)30(35)34-28-17-12-21(2)20-26(28)31/h7-8,10-17,20,33H,3-6,9,18-19,31H2,1-2H3,(H,32,36)(H,34,35). The SMILES string of the molecule is C=S(=O)(NCCc1c(C(=O)Nc2ccc(C)cc2N)[nH]c2ccccc12)c1ccc(CCCCC)cc1. The Kier molecular flexibility index (Phi) is 8.36. The number of hydrogen-bond acceptors (Lipinski definition) is 3. The van der Waals surface area contributed by atoms with Crippen LogP contribution in [0.4, 0.5) is 11.4 Å². The highest BCUT2D eigenvalue weighted by atomic mass is 32.2. The summed E-state index contributed by atoms with van der Waals surface area (Å²) in [5.41, 5.74) is 11.7. The van der Waals surface area contributed by atoms with Gasteiger partial charge in [-0.25, -0.2) is 8.93 Å². The number of carbonyl (C=O) groups is 1. The number of unbranched alkanes of at least 4 members (excludes halogenated alkanes) is 2. The van der Waals surface area contributed by atoms with Crippen LogP contribution in [0.2, 0.25) is 0 Å². The van der Waals surface area contributed by atoms with Crippen molar-refractivity contribution in [1.82, 2.24) is 9.71 Å². The number of nitrogen functional groups attached to an aromatic ring is 1. The number of H-pyrrole nitrogens is 1. The molecule has 37 heavy (non-hydrogen) atoms. The monoisotopic (exact) mass is 516 g/mol. The van der Waals surface area contributed by atoms with Crippen LogP contribution in [0.15, 0.2) is 71.6 Å². The number of hydrogen-bond donors (Lipinski definition) is 4. The molecule has 1 amide bonds. The minimum absolute atomic E-state index is 0.268. The van der Waals surface area contributed by atoms with E-state index < -0.39 is 9.71 Å². The molecule has 0 bridgehead atoms. The Morgan fingerprint density at radius 1 is 1.03 bits per heavy atom. The maximum absolute atomic E-state index is 13.4. The summed E-state index contributed by atoms with van der Waals surface area (Å²) in [7, 11) is -2.68. The highest BCUT2D eigenvalue weighted by Crippen LogP contribution is 2.26. The number of anilines is 2. The van der Waals surface area contributed by atoms with Crippen LogP contribution in [0, 0.1) is 6.92 Å². The number of rotatable bonds is 11. The lowest BCUT2D eigenvalue weighted by atomic mass is 10.1. The van der Waals surface area contributed by atoms with Gasteiger partial charge in [0.25, 0.3) is 5.91 Å². The van der Waals surface area contributed by atoms with Gasteiger partial charge in [0.05, 0.1) is 21.1 Å². The van der Waals surface area contributed by atoms with Crippen molar-refractivity contribution in [1.29, 1.82) is 0 Å². The molecular weight excluding hydrogens is 480 g/mol. The molecule has 1 unspecified atom stereocenters. The van der Waals surface area contributed by atoms with E-state index in [1.165, 1.54) is 18.4 Å². The number of nitrogens with one attached hydrogen (secondary N) is 3. The summed E-state index contributed by atoms with van der Waals surface area (Å²) < 4.78 is 16.5. The van der Waals surface area contributed by atoms with Crippen LogP contribution in [0.25, 0.3) is 10.9 Å². The zero-order valence-electron chi connectivity index (χ0n) is 21.6. The maximum atomic E-state index is 13.4. The van der Waals surface area contributed by atoms with E-state index in [9.17, 15) is 9.00 Å². The normalized spacial score (nSPS) is 12.9. The maximum Gasteiger partial charge on any atom is 0.272 e. The predicted molar refractivity (Wildman–Crippen MR) is 157 cm³/mol. The fourth-order valence-electron chi connectivity index (χ4n) is 4.51. The number of aromatic amines is 1. The van der Waals surface area contributed by atoms with Gasteiger partial charge in [-0.05, 0) is 79.1 Å². The molecule has 4 rings (SSSR count). The molecule has 0 saturated heterocycles. The van der Waals surface area contributed by atoms with Gasteiger partial charge in [-0.2, -0.15) is 0 Å². The second-order valence-corrected chi connectivity index (χ2v) is 11.6. The zero-order valence-corrected chi connectivity index (χ0v) is 22.4. The molecule has 0 aliphatic rings. The molecule has 0 spiro atoms. The topological polar surface area (TPSA) is 100 Å². The molecule has 194 valence electrons. The van der Waals surface area contributed by atoms with E-state index in [1.807, 2.05) is 67.6 Å². The van der Waals surface area contributed by atoms with Crippen LogP contribution in [-0.2, 0) is 22.5 Å². The number of fused-ring (bicyclic) bond motifs is 1. The smallest absolute Gasteiger partial charge is 0.272 e. The van der Waals surface area contributed by atoms with Gasteiger partial charge in [0.2, 0.25) is 0 Å². The number of aryl methyl sites for hydroxylation is 2. The van der Waals surface area contributed by atoms with E-state index in [0.717, 1.165) is 34.9 Å². The molecule has 1 atom stereocenters. The van der Waals surface area contributed by atoms with E-state index in [4.69, 9.17) is 5.73 Å². The van der Waals surface area contributed by atoms with E-state index in [1.54, 1.807) is 6.07 Å².